The van der Waals surface area contributed by atoms with Gasteiger partial charge in [-0.3, -0.25) is 0 Å². The van der Waals surface area contributed by atoms with Gasteiger partial charge in [0.15, 0.2) is 17.9 Å². The normalized spacial score (nSPS) is 46.3. The van der Waals surface area contributed by atoms with Crippen LogP contribution in [0.5, 0.6) is 0 Å². The highest BCUT2D eigenvalue weighted by Crippen LogP contribution is 2.44. The molecule has 3 fully saturated rings. The van der Waals surface area contributed by atoms with Crippen molar-refractivity contribution in [1.82, 2.24) is 0 Å². The van der Waals surface area contributed by atoms with Crippen molar-refractivity contribution in [1.29, 1.82) is 5.26 Å². The first-order valence-electron chi connectivity index (χ1n) is 6.74. The summed E-state index contributed by atoms with van der Waals surface area (Å²) in [6.45, 7) is 7.25. The Bertz CT molecular complexity index is 447. The first kappa shape index (κ1) is 14.2. The number of ether oxygens (including phenoxy) is 5. The minimum atomic E-state index is -0.812. The van der Waals surface area contributed by atoms with Crippen LogP contribution in [-0.4, -0.2) is 48.3 Å². The lowest BCUT2D eigenvalue weighted by molar-refractivity contribution is -0.235. The van der Waals surface area contributed by atoms with E-state index in [-0.39, 0.29) is 12.2 Å². The molecule has 3 saturated heterocycles. The van der Waals surface area contributed by atoms with E-state index in [1.807, 2.05) is 33.8 Å². The summed E-state index contributed by atoms with van der Waals surface area (Å²) in [6, 6.07) is 1.18. The fourth-order valence-corrected chi connectivity index (χ4v) is 3.01. The summed E-state index contributed by atoms with van der Waals surface area (Å²) in [5.41, 5.74) is 5.82. The molecule has 3 aliphatic rings. The van der Waals surface area contributed by atoms with Crippen LogP contribution in [0, 0.1) is 11.3 Å². The molecule has 112 valence electrons. The second kappa shape index (κ2) is 4.37. The molecule has 0 aromatic carbocycles. The van der Waals surface area contributed by atoms with Crippen molar-refractivity contribution in [3.63, 3.8) is 0 Å². The van der Waals surface area contributed by atoms with Crippen LogP contribution in [0.2, 0.25) is 0 Å². The number of nitrogens with two attached hydrogens (primary N) is 1. The lowest BCUT2D eigenvalue weighted by atomic mass is 9.95. The fraction of sp³-hybridized carbons (Fsp3) is 0.923. The van der Waals surface area contributed by atoms with Gasteiger partial charge in [-0.2, -0.15) is 5.26 Å². The predicted molar refractivity (Wildman–Crippen MR) is 66.1 cm³/mol. The Morgan fingerprint density at radius 2 is 1.50 bits per heavy atom. The van der Waals surface area contributed by atoms with E-state index in [0.29, 0.717) is 0 Å². The van der Waals surface area contributed by atoms with Gasteiger partial charge in [-0.25, -0.2) is 0 Å². The van der Waals surface area contributed by atoms with Crippen molar-refractivity contribution in [3.05, 3.63) is 0 Å². The monoisotopic (exact) mass is 284 g/mol. The van der Waals surface area contributed by atoms with E-state index in [4.69, 9.17) is 34.7 Å². The van der Waals surface area contributed by atoms with Crippen molar-refractivity contribution in [3.8, 4) is 6.07 Å². The second-order valence-electron chi connectivity index (χ2n) is 6.29. The molecule has 3 aliphatic heterocycles. The lowest BCUT2D eigenvalue weighted by Crippen LogP contribution is -2.59. The van der Waals surface area contributed by atoms with Crippen molar-refractivity contribution >= 4 is 0 Å². The summed E-state index contributed by atoms with van der Waals surface area (Å²) in [6.07, 6.45) is -2.41. The first-order valence-corrected chi connectivity index (χ1v) is 6.74. The topological polar surface area (TPSA) is 96.0 Å². The van der Waals surface area contributed by atoms with Gasteiger partial charge >= 0.3 is 0 Å². The van der Waals surface area contributed by atoms with Crippen LogP contribution < -0.4 is 5.73 Å². The minimum absolute atomic E-state index is 0.366. The molecule has 7 heteroatoms. The molecule has 0 amide bonds. The molecule has 0 unspecified atom stereocenters. The smallest absolute Gasteiger partial charge is 0.190 e. The maximum atomic E-state index is 9.06. The van der Waals surface area contributed by atoms with E-state index in [1.165, 1.54) is 0 Å². The number of hydrogen-bond acceptors (Lipinski definition) is 7. The molecule has 3 rings (SSSR count). The van der Waals surface area contributed by atoms with Crippen LogP contribution in [0.15, 0.2) is 0 Å². The highest BCUT2D eigenvalue weighted by Gasteiger charge is 2.61. The Morgan fingerprint density at radius 3 is 2.15 bits per heavy atom. The predicted octanol–water partition coefficient (Wildman–Crippen LogP) is 0.234. The van der Waals surface area contributed by atoms with Crippen molar-refractivity contribution in [2.75, 3.05) is 0 Å². The zero-order valence-corrected chi connectivity index (χ0v) is 12.0. The molecule has 0 aromatic heterocycles. The average molecular weight is 284 g/mol. The Labute approximate surface area is 117 Å². The summed E-state index contributed by atoms with van der Waals surface area (Å²) >= 11 is 0. The van der Waals surface area contributed by atoms with Gasteiger partial charge in [0.25, 0.3) is 0 Å². The molecule has 7 nitrogen and oxygen atoms in total. The molecule has 3 heterocycles. The first-order chi connectivity index (χ1) is 9.22. The number of hydrogen-bond donors (Lipinski definition) is 1. The van der Waals surface area contributed by atoms with Gasteiger partial charge in [-0.05, 0) is 27.7 Å². The van der Waals surface area contributed by atoms with Crippen LogP contribution in [0.4, 0.5) is 0 Å². The van der Waals surface area contributed by atoms with Crippen LogP contribution in [0.3, 0.4) is 0 Å². The van der Waals surface area contributed by atoms with E-state index in [2.05, 4.69) is 0 Å². The van der Waals surface area contributed by atoms with Gasteiger partial charge < -0.3 is 29.4 Å². The van der Waals surface area contributed by atoms with Gasteiger partial charge in [-0.1, -0.05) is 0 Å². The molecule has 6 atom stereocenters. The van der Waals surface area contributed by atoms with Gasteiger partial charge in [-0.15, -0.1) is 0 Å². The van der Waals surface area contributed by atoms with Crippen molar-refractivity contribution < 1.29 is 23.7 Å². The lowest BCUT2D eigenvalue weighted by Gasteiger charge is -2.38. The Kier molecular flexibility index (Phi) is 3.10. The van der Waals surface area contributed by atoms with Gasteiger partial charge in [0.1, 0.15) is 30.5 Å². The highest BCUT2D eigenvalue weighted by molar-refractivity contribution is 5.07. The van der Waals surface area contributed by atoms with E-state index < -0.39 is 36.1 Å². The van der Waals surface area contributed by atoms with Crippen LogP contribution in [-0.2, 0) is 23.7 Å². The number of nitriles is 1. The summed E-state index contributed by atoms with van der Waals surface area (Å²) in [4.78, 5) is 0. The summed E-state index contributed by atoms with van der Waals surface area (Å²) in [5, 5.41) is 9.06. The molecule has 0 spiro atoms. The number of nitrogens with zero attached hydrogens (tertiary/aromatic N) is 1. The largest absolute Gasteiger partial charge is 0.342 e. The molecule has 0 radical (unpaired) electrons. The minimum Gasteiger partial charge on any atom is -0.342 e. The Hall–Kier alpha value is -0.750. The van der Waals surface area contributed by atoms with Crippen LogP contribution in [0.1, 0.15) is 27.7 Å². The molecule has 2 N–H and O–H groups in total. The molecular formula is C13H20N2O5. The summed E-state index contributed by atoms with van der Waals surface area (Å²) in [7, 11) is 0. The van der Waals surface area contributed by atoms with E-state index >= 15 is 0 Å². The molecular weight excluding hydrogens is 264 g/mol. The van der Waals surface area contributed by atoms with Crippen LogP contribution in [0.25, 0.3) is 0 Å². The maximum Gasteiger partial charge on any atom is 0.190 e. The third kappa shape index (κ3) is 2.22. The van der Waals surface area contributed by atoms with Crippen molar-refractivity contribution in [2.24, 2.45) is 5.73 Å². The molecule has 0 bridgehead atoms. The van der Waals surface area contributed by atoms with Gasteiger partial charge in [0.05, 0.1) is 6.07 Å². The third-order valence-electron chi connectivity index (χ3n) is 3.69. The standard InChI is InChI=1S/C13H20N2O5/c1-12(2)17-8-7(6(15)5-14)16-11-10(9(8)18-12)19-13(3,4)20-11/h6-11H,15H2,1-4H3/t6-,7-,8+,9+,10-,11-/m1/s1. The number of rotatable bonds is 1. The van der Waals surface area contributed by atoms with E-state index in [9.17, 15) is 0 Å². The summed E-state index contributed by atoms with van der Waals surface area (Å²) in [5.74, 6) is -1.53. The maximum absolute atomic E-state index is 9.06. The average Bonchev–Trinajstić information content (AvgIpc) is 2.81. The zero-order chi connectivity index (χ0) is 14.7. The highest BCUT2D eigenvalue weighted by atomic mass is 16.9. The van der Waals surface area contributed by atoms with E-state index in [0.717, 1.165) is 0 Å². The Morgan fingerprint density at radius 1 is 0.950 bits per heavy atom. The third-order valence-corrected chi connectivity index (χ3v) is 3.69. The Balaban J connectivity index is 1.90. The fourth-order valence-electron chi connectivity index (χ4n) is 3.01. The summed E-state index contributed by atoms with van der Waals surface area (Å²) < 4.78 is 29.1. The molecule has 0 aliphatic carbocycles. The zero-order valence-electron chi connectivity index (χ0n) is 12.0. The van der Waals surface area contributed by atoms with Gasteiger partial charge in [0.2, 0.25) is 0 Å². The van der Waals surface area contributed by atoms with E-state index in [1.54, 1.807) is 0 Å². The SMILES string of the molecule is CC1(C)O[C@@H]2[C@H](O1)[C@H]1OC(C)(C)O[C@H]1O[C@@H]2[C@H](N)C#N. The van der Waals surface area contributed by atoms with Crippen molar-refractivity contribution in [2.45, 2.75) is 76.0 Å². The number of fused-ring (bicyclic) bond motifs is 3. The molecule has 0 saturated carbocycles. The van der Waals surface area contributed by atoms with Gasteiger partial charge in [0, 0.05) is 0 Å². The molecule has 20 heavy (non-hydrogen) atoms. The quantitative estimate of drug-likeness (QED) is 0.736. The van der Waals surface area contributed by atoms with Crippen LogP contribution >= 0.6 is 0 Å². The molecule has 0 aromatic rings. The second-order valence-corrected chi connectivity index (χ2v) is 6.29.